The molecule has 0 atom stereocenters. The van der Waals surface area contributed by atoms with Gasteiger partial charge in [0.15, 0.2) is 0 Å². The average molecular weight is 200 g/mol. The maximum atomic E-state index is 12.8. The first-order valence-corrected chi connectivity index (χ1v) is 3.92. The molecule has 6 heteroatoms. The topological polar surface area (TPSA) is 78.4 Å². The number of ether oxygens (including phenoxy) is 1. The maximum Gasteiger partial charge on any atom is 0.308 e. The van der Waals surface area contributed by atoms with E-state index in [0.29, 0.717) is 6.54 Å². The first-order chi connectivity index (χ1) is 6.65. The highest BCUT2D eigenvalue weighted by Gasteiger charge is 2.14. The summed E-state index contributed by atoms with van der Waals surface area (Å²) in [7, 11) is 0. The summed E-state index contributed by atoms with van der Waals surface area (Å²) in [5, 5.41) is 10.3. The molecule has 5 nitrogen and oxygen atoms in total. The van der Waals surface area contributed by atoms with Gasteiger partial charge >= 0.3 is 5.69 Å². The Morgan fingerprint density at radius 3 is 2.86 bits per heavy atom. The van der Waals surface area contributed by atoms with Gasteiger partial charge in [0, 0.05) is 6.54 Å². The van der Waals surface area contributed by atoms with E-state index < -0.39 is 16.4 Å². The molecule has 1 rings (SSSR count). The number of nitro benzene ring substituents is 1. The van der Waals surface area contributed by atoms with Crippen molar-refractivity contribution >= 4 is 5.69 Å². The highest BCUT2D eigenvalue weighted by Crippen LogP contribution is 2.22. The van der Waals surface area contributed by atoms with Gasteiger partial charge in [-0.05, 0) is 12.1 Å². The van der Waals surface area contributed by atoms with Crippen molar-refractivity contribution in [2.45, 2.75) is 0 Å². The van der Waals surface area contributed by atoms with E-state index in [1.54, 1.807) is 0 Å². The van der Waals surface area contributed by atoms with E-state index in [-0.39, 0.29) is 12.4 Å². The van der Waals surface area contributed by atoms with Crippen molar-refractivity contribution in [1.82, 2.24) is 0 Å². The lowest BCUT2D eigenvalue weighted by Gasteiger charge is -2.03. The number of nitrogens with zero attached hydrogens (tertiary/aromatic N) is 1. The molecule has 2 N–H and O–H groups in total. The molecule has 0 aromatic heterocycles. The summed E-state index contributed by atoms with van der Waals surface area (Å²) in [4.78, 5) is 9.53. The highest BCUT2D eigenvalue weighted by molar-refractivity contribution is 5.39. The summed E-state index contributed by atoms with van der Waals surface area (Å²) in [6.07, 6.45) is 0. The molecule has 0 saturated carbocycles. The fraction of sp³-hybridized carbons (Fsp3) is 0.250. The van der Waals surface area contributed by atoms with Crippen LogP contribution in [0.3, 0.4) is 0 Å². The van der Waals surface area contributed by atoms with Gasteiger partial charge < -0.3 is 10.5 Å². The van der Waals surface area contributed by atoms with Crippen LogP contribution in [-0.2, 0) is 0 Å². The normalized spacial score (nSPS) is 9.86. The SMILES string of the molecule is NCCOc1ccc(F)c([N+](=O)[O-])c1. The van der Waals surface area contributed by atoms with E-state index in [2.05, 4.69) is 0 Å². The molecule has 0 heterocycles. The molecule has 14 heavy (non-hydrogen) atoms. The first kappa shape index (κ1) is 10.4. The van der Waals surface area contributed by atoms with Crippen LogP contribution in [0.15, 0.2) is 18.2 Å². The number of hydrogen-bond acceptors (Lipinski definition) is 4. The zero-order valence-corrected chi connectivity index (χ0v) is 7.27. The van der Waals surface area contributed by atoms with Gasteiger partial charge in [-0.3, -0.25) is 10.1 Å². The van der Waals surface area contributed by atoms with Crippen LogP contribution in [0.5, 0.6) is 5.75 Å². The zero-order valence-electron chi connectivity index (χ0n) is 7.27. The number of rotatable bonds is 4. The van der Waals surface area contributed by atoms with Gasteiger partial charge in [0.2, 0.25) is 5.82 Å². The smallest absolute Gasteiger partial charge is 0.308 e. The highest BCUT2D eigenvalue weighted by atomic mass is 19.1. The van der Waals surface area contributed by atoms with E-state index in [9.17, 15) is 14.5 Å². The van der Waals surface area contributed by atoms with Crippen molar-refractivity contribution in [3.8, 4) is 5.75 Å². The summed E-state index contributed by atoms with van der Waals surface area (Å²) in [5.41, 5.74) is 4.57. The van der Waals surface area contributed by atoms with Crippen LogP contribution in [0.1, 0.15) is 0 Å². The molecular formula is C8H9FN2O3. The lowest BCUT2D eigenvalue weighted by atomic mass is 10.3. The fourth-order valence-electron chi connectivity index (χ4n) is 0.899. The fourth-order valence-corrected chi connectivity index (χ4v) is 0.899. The van der Waals surface area contributed by atoms with Crippen LogP contribution in [0.2, 0.25) is 0 Å². The van der Waals surface area contributed by atoms with Crippen LogP contribution >= 0.6 is 0 Å². The van der Waals surface area contributed by atoms with Gasteiger partial charge in [-0.2, -0.15) is 4.39 Å². The maximum absolute atomic E-state index is 12.8. The van der Waals surface area contributed by atoms with Gasteiger partial charge in [0.25, 0.3) is 0 Å². The van der Waals surface area contributed by atoms with Gasteiger partial charge in [-0.25, -0.2) is 0 Å². The standard InChI is InChI=1S/C8H9FN2O3/c9-7-2-1-6(14-4-3-10)5-8(7)11(12)13/h1-2,5H,3-4,10H2. The Labute approximate surface area is 79.4 Å². The van der Waals surface area contributed by atoms with E-state index in [1.807, 2.05) is 0 Å². The molecule has 0 bridgehead atoms. The van der Waals surface area contributed by atoms with E-state index >= 15 is 0 Å². The van der Waals surface area contributed by atoms with Gasteiger partial charge in [-0.15, -0.1) is 0 Å². The number of benzene rings is 1. The summed E-state index contributed by atoms with van der Waals surface area (Å²) in [6, 6.07) is 3.34. The Bertz CT molecular complexity index is 343. The third-order valence-corrected chi connectivity index (χ3v) is 1.50. The molecule has 0 amide bonds. The third kappa shape index (κ3) is 2.40. The van der Waals surface area contributed by atoms with Crippen LogP contribution in [-0.4, -0.2) is 18.1 Å². The largest absolute Gasteiger partial charge is 0.492 e. The van der Waals surface area contributed by atoms with Crippen LogP contribution in [0.25, 0.3) is 0 Å². The second-order valence-corrected chi connectivity index (χ2v) is 2.51. The van der Waals surface area contributed by atoms with Crippen molar-refractivity contribution in [3.63, 3.8) is 0 Å². The molecule has 76 valence electrons. The predicted molar refractivity (Wildman–Crippen MR) is 47.6 cm³/mol. The Morgan fingerprint density at radius 1 is 1.57 bits per heavy atom. The molecule has 0 spiro atoms. The van der Waals surface area contributed by atoms with Crippen molar-refractivity contribution < 1.29 is 14.1 Å². The minimum Gasteiger partial charge on any atom is -0.492 e. The summed E-state index contributed by atoms with van der Waals surface area (Å²) in [5.74, 6) is -0.640. The van der Waals surface area contributed by atoms with Crippen molar-refractivity contribution in [2.24, 2.45) is 5.73 Å². The van der Waals surface area contributed by atoms with Crippen LogP contribution in [0, 0.1) is 15.9 Å². The van der Waals surface area contributed by atoms with Crippen molar-refractivity contribution in [2.75, 3.05) is 13.2 Å². The molecule has 0 radical (unpaired) electrons. The Hall–Kier alpha value is -1.69. The van der Waals surface area contributed by atoms with E-state index in [0.717, 1.165) is 12.1 Å². The number of nitrogens with two attached hydrogens (primary N) is 1. The lowest BCUT2D eigenvalue weighted by Crippen LogP contribution is -2.10. The minimum atomic E-state index is -0.880. The average Bonchev–Trinajstić information content (AvgIpc) is 2.16. The number of nitro groups is 1. The number of halogens is 1. The molecule has 0 aliphatic rings. The Kier molecular flexibility index (Phi) is 3.35. The summed E-state index contributed by atoms with van der Waals surface area (Å²) >= 11 is 0. The number of hydrogen-bond donors (Lipinski definition) is 1. The van der Waals surface area contributed by atoms with Crippen molar-refractivity contribution in [3.05, 3.63) is 34.1 Å². The third-order valence-electron chi connectivity index (χ3n) is 1.50. The Morgan fingerprint density at radius 2 is 2.29 bits per heavy atom. The van der Waals surface area contributed by atoms with Crippen molar-refractivity contribution in [1.29, 1.82) is 0 Å². The molecule has 0 unspecified atom stereocenters. The van der Waals surface area contributed by atoms with E-state index in [1.165, 1.54) is 6.07 Å². The summed E-state index contributed by atoms with van der Waals surface area (Å²) in [6.45, 7) is 0.536. The van der Waals surface area contributed by atoms with E-state index in [4.69, 9.17) is 10.5 Å². The van der Waals surface area contributed by atoms with Crippen LogP contribution in [0.4, 0.5) is 10.1 Å². The van der Waals surface area contributed by atoms with Gasteiger partial charge in [0.1, 0.15) is 12.4 Å². The molecule has 0 aliphatic carbocycles. The predicted octanol–water partition coefficient (Wildman–Crippen LogP) is 1.07. The second-order valence-electron chi connectivity index (χ2n) is 2.51. The quantitative estimate of drug-likeness (QED) is 0.582. The lowest BCUT2D eigenvalue weighted by molar-refractivity contribution is -0.387. The Balaban J connectivity index is 2.89. The molecule has 0 saturated heterocycles. The van der Waals surface area contributed by atoms with Gasteiger partial charge in [-0.1, -0.05) is 0 Å². The monoisotopic (exact) mass is 200 g/mol. The second kappa shape index (κ2) is 4.52. The zero-order chi connectivity index (χ0) is 10.6. The molecule has 1 aromatic carbocycles. The molecular weight excluding hydrogens is 191 g/mol. The van der Waals surface area contributed by atoms with Crippen LogP contribution < -0.4 is 10.5 Å². The molecule has 0 fully saturated rings. The first-order valence-electron chi connectivity index (χ1n) is 3.92. The van der Waals surface area contributed by atoms with Gasteiger partial charge in [0.05, 0.1) is 11.0 Å². The minimum absolute atomic E-state index is 0.239. The summed E-state index contributed by atoms with van der Waals surface area (Å²) < 4.78 is 17.8. The molecule has 1 aromatic rings. The molecule has 0 aliphatic heterocycles.